The molecule has 0 saturated heterocycles. The second-order valence-corrected chi connectivity index (χ2v) is 8.67. The maximum Gasteiger partial charge on any atom is 0.265 e. The molecule has 0 fully saturated rings. The first-order valence-electron chi connectivity index (χ1n) is 11.8. The second kappa shape index (κ2) is 10.2. The van der Waals surface area contributed by atoms with E-state index in [1.807, 2.05) is 54.6 Å². The molecule has 0 amide bonds. The lowest BCUT2D eigenvalue weighted by Gasteiger charge is -2.31. The molecular formula is C31H25N3O. The van der Waals surface area contributed by atoms with E-state index >= 15 is 0 Å². The molecule has 35 heavy (non-hydrogen) atoms. The fourth-order valence-electron chi connectivity index (χ4n) is 4.69. The Hall–Kier alpha value is -4.54. The predicted molar refractivity (Wildman–Crippen MR) is 139 cm³/mol. The van der Waals surface area contributed by atoms with Gasteiger partial charge < -0.3 is 9.64 Å². The summed E-state index contributed by atoms with van der Waals surface area (Å²) in [4.78, 5) is 5.80. The first kappa shape index (κ1) is 22.3. The molecule has 3 aromatic carbocycles. The molecule has 1 unspecified atom stereocenters. The quantitative estimate of drug-likeness (QED) is 0.302. The van der Waals surface area contributed by atoms with Gasteiger partial charge in [0.2, 0.25) is 0 Å². The van der Waals surface area contributed by atoms with Gasteiger partial charge in [0.1, 0.15) is 11.9 Å². The maximum atomic E-state index is 9.41. The molecule has 0 spiro atoms. The summed E-state index contributed by atoms with van der Waals surface area (Å²) in [6, 6.07) is 29.1. The van der Waals surface area contributed by atoms with Gasteiger partial charge in [-0.25, -0.2) is 10.1 Å². The van der Waals surface area contributed by atoms with Crippen LogP contribution >= 0.6 is 0 Å². The summed E-state index contributed by atoms with van der Waals surface area (Å²) in [5.74, 6) is 0.644. The van der Waals surface area contributed by atoms with Crippen LogP contribution in [0.2, 0.25) is 0 Å². The summed E-state index contributed by atoms with van der Waals surface area (Å²) in [6.45, 7) is 8.39. The van der Waals surface area contributed by atoms with Crippen LogP contribution in [-0.4, -0.2) is 6.54 Å². The van der Waals surface area contributed by atoms with Gasteiger partial charge in [-0.15, -0.1) is 0 Å². The molecule has 1 atom stereocenters. The predicted octanol–water partition coefficient (Wildman–Crippen LogP) is 7.53. The highest BCUT2D eigenvalue weighted by molar-refractivity contribution is 5.69. The summed E-state index contributed by atoms with van der Waals surface area (Å²) < 4.78 is 6.24. The summed E-state index contributed by atoms with van der Waals surface area (Å²) in [6.07, 6.45) is 8.28. The van der Waals surface area contributed by atoms with Crippen molar-refractivity contribution in [3.05, 3.63) is 136 Å². The molecule has 0 saturated carbocycles. The molecule has 0 radical (unpaired) electrons. The Bertz CT molecular complexity index is 1370. The van der Waals surface area contributed by atoms with Gasteiger partial charge in [0.25, 0.3) is 5.70 Å². The molecule has 3 aromatic rings. The standard InChI is InChI=1S/C31H25N3O/c1-33-29(22-32)26-20-28(35-31(21-26)25-9-3-2-4-10-25)18-15-23-13-16-27(17-14-23)34-19-7-11-24-8-5-6-12-30(24)34/h2-6,8-10,12-18,20,31H,7,11,19,21H2. The zero-order chi connectivity index (χ0) is 24.0. The van der Waals surface area contributed by atoms with E-state index in [-0.39, 0.29) is 11.8 Å². The van der Waals surface area contributed by atoms with Gasteiger partial charge in [-0.1, -0.05) is 66.7 Å². The van der Waals surface area contributed by atoms with Gasteiger partial charge in [0.05, 0.1) is 12.6 Å². The number of rotatable bonds is 4. The molecule has 2 heterocycles. The van der Waals surface area contributed by atoms with E-state index in [4.69, 9.17) is 11.3 Å². The SMILES string of the molecule is [C-]#[N+]C(C#N)=C1C=C(C=Cc2ccc(N3CCCc4ccccc43)cc2)OC(c2ccccc2)C1. The lowest BCUT2D eigenvalue weighted by Crippen LogP contribution is -2.24. The first-order chi connectivity index (χ1) is 17.2. The smallest absolute Gasteiger partial charge is 0.265 e. The minimum atomic E-state index is -0.234. The van der Waals surface area contributed by atoms with Crippen LogP contribution in [0.4, 0.5) is 11.4 Å². The highest BCUT2D eigenvalue weighted by Crippen LogP contribution is 2.36. The number of hydrogen-bond donors (Lipinski definition) is 0. The number of para-hydroxylation sites is 1. The molecular weight excluding hydrogens is 430 g/mol. The Morgan fingerprint density at radius 1 is 1.00 bits per heavy atom. The van der Waals surface area contributed by atoms with Crippen molar-refractivity contribution in [1.29, 1.82) is 5.26 Å². The van der Waals surface area contributed by atoms with E-state index in [9.17, 15) is 5.26 Å². The number of benzene rings is 3. The van der Waals surface area contributed by atoms with Crippen LogP contribution in [0.25, 0.3) is 10.9 Å². The van der Waals surface area contributed by atoms with E-state index in [2.05, 4.69) is 58.3 Å². The first-order valence-corrected chi connectivity index (χ1v) is 11.8. The molecule has 0 aromatic heterocycles. The summed E-state index contributed by atoms with van der Waals surface area (Å²) >= 11 is 0. The minimum Gasteiger partial charge on any atom is -0.485 e. The number of anilines is 2. The Kier molecular flexibility index (Phi) is 6.46. The second-order valence-electron chi connectivity index (χ2n) is 8.67. The third-order valence-corrected chi connectivity index (χ3v) is 6.45. The van der Waals surface area contributed by atoms with Gasteiger partial charge in [0.15, 0.2) is 0 Å². The molecule has 2 aliphatic rings. The lowest BCUT2D eigenvalue weighted by atomic mass is 9.97. The number of aryl methyl sites for hydroxylation is 1. The minimum absolute atomic E-state index is 0.117. The summed E-state index contributed by atoms with van der Waals surface area (Å²) in [7, 11) is 0. The van der Waals surface area contributed by atoms with Crippen molar-refractivity contribution in [3.8, 4) is 6.07 Å². The van der Waals surface area contributed by atoms with Crippen molar-refractivity contribution in [2.24, 2.45) is 0 Å². The van der Waals surface area contributed by atoms with Crippen molar-refractivity contribution in [3.63, 3.8) is 0 Å². The Morgan fingerprint density at radius 2 is 1.77 bits per heavy atom. The molecule has 0 aliphatic carbocycles. The number of nitrogens with zero attached hydrogens (tertiary/aromatic N) is 3. The van der Waals surface area contributed by atoms with Crippen molar-refractivity contribution in [2.75, 3.05) is 11.4 Å². The van der Waals surface area contributed by atoms with Gasteiger partial charge in [-0.05, 0) is 65.5 Å². The molecule has 170 valence electrons. The average Bonchev–Trinajstić information content (AvgIpc) is 2.93. The van der Waals surface area contributed by atoms with Crippen LogP contribution in [0.1, 0.15) is 35.6 Å². The van der Waals surface area contributed by atoms with E-state index in [1.54, 1.807) is 0 Å². The molecule has 4 nitrogen and oxygen atoms in total. The molecule has 0 N–H and O–H groups in total. The fourth-order valence-corrected chi connectivity index (χ4v) is 4.69. The fraction of sp³-hybridized carbons (Fsp3) is 0.161. The van der Waals surface area contributed by atoms with Gasteiger partial charge in [0, 0.05) is 24.3 Å². The van der Waals surface area contributed by atoms with Crippen LogP contribution in [0.15, 0.2) is 108 Å². The van der Waals surface area contributed by atoms with E-state index in [0.29, 0.717) is 17.8 Å². The zero-order valence-electron chi connectivity index (χ0n) is 19.4. The van der Waals surface area contributed by atoms with Crippen molar-refractivity contribution >= 4 is 17.5 Å². The number of allylic oxidation sites excluding steroid dienone is 3. The topological polar surface area (TPSA) is 40.6 Å². The monoisotopic (exact) mass is 455 g/mol. The van der Waals surface area contributed by atoms with E-state index < -0.39 is 0 Å². The summed E-state index contributed by atoms with van der Waals surface area (Å²) in [5.41, 5.74) is 6.79. The van der Waals surface area contributed by atoms with E-state index in [1.165, 1.54) is 16.9 Å². The van der Waals surface area contributed by atoms with Gasteiger partial charge in [-0.2, -0.15) is 0 Å². The van der Waals surface area contributed by atoms with Crippen molar-refractivity contribution in [1.82, 2.24) is 0 Å². The molecule has 5 rings (SSSR count). The van der Waals surface area contributed by atoms with Crippen molar-refractivity contribution < 1.29 is 4.74 Å². The zero-order valence-corrected chi connectivity index (χ0v) is 19.4. The third kappa shape index (κ3) is 4.88. The Balaban J connectivity index is 1.38. The lowest BCUT2D eigenvalue weighted by molar-refractivity contribution is 0.118. The largest absolute Gasteiger partial charge is 0.485 e. The van der Waals surface area contributed by atoms with Gasteiger partial charge in [-0.3, -0.25) is 0 Å². The van der Waals surface area contributed by atoms with Crippen LogP contribution in [0.5, 0.6) is 0 Å². The average molecular weight is 456 g/mol. The van der Waals surface area contributed by atoms with Crippen LogP contribution in [0, 0.1) is 17.9 Å². The molecule has 2 aliphatic heterocycles. The summed E-state index contributed by atoms with van der Waals surface area (Å²) in [5, 5.41) is 9.41. The normalized spacial score (nSPS) is 18.6. The van der Waals surface area contributed by atoms with Crippen LogP contribution < -0.4 is 4.90 Å². The van der Waals surface area contributed by atoms with Gasteiger partial charge >= 0.3 is 0 Å². The maximum absolute atomic E-state index is 9.41. The number of ether oxygens (including phenoxy) is 1. The van der Waals surface area contributed by atoms with Crippen molar-refractivity contribution in [2.45, 2.75) is 25.4 Å². The Labute approximate surface area is 206 Å². The third-order valence-electron chi connectivity index (χ3n) is 6.45. The van der Waals surface area contributed by atoms with Crippen LogP contribution in [-0.2, 0) is 11.2 Å². The van der Waals surface area contributed by atoms with E-state index in [0.717, 1.165) is 30.5 Å². The van der Waals surface area contributed by atoms with Crippen LogP contribution in [0.3, 0.4) is 0 Å². The number of fused-ring (bicyclic) bond motifs is 1. The highest BCUT2D eigenvalue weighted by atomic mass is 16.5. The Morgan fingerprint density at radius 3 is 2.54 bits per heavy atom. The highest BCUT2D eigenvalue weighted by Gasteiger charge is 2.22. The number of hydrogen-bond acceptors (Lipinski definition) is 3. The molecule has 0 bridgehead atoms. The molecule has 4 heteroatoms. The number of nitriles is 1.